The van der Waals surface area contributed by atoms with Crippen LogP contribution in [0.15, 0.2) is 29.2 Å². The molecule has 2 aliphatic carbocycles. The third kappa shape index (κ3) is 4.19. The Kier molecular flexibility index (Phi) is 5.91. The van der Waals surface area contributed by atoms with Crippen LogP contribution in [0, 0.1) is 12.8 Å². The Morgan fingerprint density at radius 2 is 1.85 bits per heavy atom. The Labute approximate surface area is 160 Å². The summed E-state index contributed by atoms with van der Waals surface area (Å²) in [6.45, 7) is 1.78. The average molecular weight is 397 g/mol. The molecule has 5 nitrogen and oxygen atoms in total. The van der Waals surface area contributed by atoms with Crippen molar-refractivity contribution in [1.29, 1.82) is 0 Å². The van der Waals surface area contributed by atoms with Crippen LogP contribution in [-0.2, 0) is 14.6 Å². The predicted molar refractivity (Wildman–Crippen MR) is 103 cm³/mol. The van der Waals surface area contributed by atoms with Crippen LogP contribution in [-0.4, -0.2) is 31.4 Å². The third-order valence-corrected chi connectivity index (χ3v) is 8.26. The van der Waals surface area contributed by atoms with Crippen molar-refractivity contribution in [2.24, 2.45) is 11.7 Å². The summed E-state index contributed by atoms with van der Waals surface area (Å²) in [6.07, 6.45) is 4.11. The number of carbonyl (C=O) groups is 1. The van der Waals surface area contributed by atoms with Gasteiger partial charge in [0.15, 0.2) is 0 Å². The molecular formula is C20H29FN2O3S. The third-order valence-electron chi connectivity index (χ3n) is 6.02. The number of carbonyl (C=O) groups excluding carboxylic acids is 1. The molecule has 2 saturated carbocycles. The Balaban J connectivity index is 1.63. The van der Waals surface area contributed by atoms with E-state index in [9.17, 15) is 13.2 Å². The first-order valence-electron chi connectivity index (χ1n) is 9.79. The van der Waals surface area contributed by atoms with E-state index < -0.39 is 14.8 Å². The Morgan fingerprint density at radius 3 is 2.48 bits per heavy atom. The molecule has 0 heterocycles. The minimum Gasteiger partial charge on any atom is -0.353 e. The minimum absolute atomic E-state index is 0.0284. The topological polar surface area (TPSA) is 89.3 Å². The summed E-state index contributed by atoms with van der Waals surface area (Å²) >= 11 is 0. The summed E-state index contributed by atoms with van der Waals surface area (Å²) in [5, 5.41) is 0.702. The number of rotatable bonds is 4. The lowest BCUT2D eigenvalue weighted by atomic mass is 9.84. The van der Waals surface area contributed by atoms with Crippen LogP contribution in [0.4, 0.5) is 4.39 Å². The first-order valence-corrected chi connectivity index (χ1v) is 11.3. The molecule has 2 fully saturated rings. The SMILES string of the molecule is Cc1cccc(S(=O)(=O)C2(F)CCC(NC(=O)[C@@H]3CCCC[C@H]3N)CC2)c1. The highest BCUT2D eigenvalue weighted by Gasteiger charge is 2.48. The molecule has 2 atom stereocenters. The van der Waals surface area contributed by atoms with Crippen molar-refractivity contribution in [2.75, 3.05) is 0 Å². The highest BCUT2D eigenvalue weighted by molar-refractivity contribution is 7.92. The lowest BCUT2D eigenvalue weighted by molar-refractivity contribution is -0.127. The number of nitrogens with one attached hydrogen (secondary N) is 1. The highest BCUT2D eigenvalue weighted by Crippen LogP contribution is 2.40. The number of amides is 1. The second kappa shape index (κ2) is 7.87. The van der Waals surface area contributed by atoms with E-state index in [4.69, 9.17) is 5.73 Å². The largest absolute Gasteiger partial charge is 0.353 e. The maximum absolute atomic E-state index is 15.4. The predicted octanol–water partition coefficient (Wildman–Crippen LogP) is 3.01. The number of halogens is 1. The van der Waals surface area contributed by atoms with Gasteiger partial charge in [-0.2, -0.15) is 0 Å². The van der Waals surface area contributed by atoms with E-state index in [2.05, 4.69) is 5.32 Å². The Morgan fingerprint density at radius 1 is 1.19 bits per heavy atom. The molecule has 0 radical (unpaired) electrons. The maximum atomic E-state index is 15.4. The van der Waals surface area contributed by atoms with Crippen molar-refractivity contribution >= 4 is 15.7 Å². The molecule has 1 aromatic rings. The van der Waals surface area contributed by atoms with E-state index in [1.54, 1.807) is 19.1 Å². The normalized spacial score (nSPS) is 32.0. The van der Waals surface area contributed by atoms with E-state index in [1.807, 2.05) is 0 Å². The quantitative estimate of drug-likeness (QED) is 0.819. The number of nitrogens with two attached hydrogens (primary N) is 1. The average Bonchev–Trinajstić information content (AvgIpc) is 2.64. The summed E-state index contributed by atoms with van der Waals surface area (Å²) < 4.78 is 41.0. The standard InChI is InChI=1S/C20H29FN2O3S/c1-14-5-4-6-16(13-14)27(25,26)20(21)11-9-15(10-12-20)23-19(24)17-7-2-3-8-18(17)22/h4-6,13,15,17-18H,2-3,7-12,22H2,1H3,(H,23,24)/t15?,17-,18-,20?/m1/s1. The van der Waals surface area contributed by atoms with Gasteiger partial charge in [0.2, 0.25) is 20.7 Å². The van der Waals surface area contributed by atoms with Crippen LogP contribution in [0.5, 0.6) is 0 Å². The van der Waals surface area contributed by atoms with E-state index in [0.717, 1.165) is 31.2 Å². The highest BCUT2D eigenvalue weighted by atomic mass is 32.2. The van der Waals surface area contributed by atoms with Crippen molar-refractivity contribution in [3.05, 3.63) is 29.8 Å². The lowest BCUT2D eigenvalue weighted by Crippen LogP contribution is -2.49. The van der Waals surface area contributed by atoms with Crippen molar-refractivity contribution < 1.29 is 17.6 Å². The first kappa shape index (κ1) is 20.3. The van der Waals surface area contributed by atoms with Crippen molar-refractivity contribution in [3.8, 4) is 0 Å². The van der Waals surface area contributed by atoms with Gasteiger partial charge in [-0.05, 0) is 63.1 Å². The number of alkyl halides is 1. The van der Waals surface area contributed by atoms with E-state index in [-0.39, 0.29) is 41.6 Å². The molecule has 150 valence electrons. The summed E-state index contributed by atoms with van der Waals surface area (Å²) in [5.41, 5.74) is 6.84. The second-order valence-corrected chi connectivity index (χ2v) is 10.3. The van der Waals surface area contributed by atoms with Crippen molar-refractivity contribution in [1.82, 2.24) is 5.32 Å². The van der Waals surface area contributed by atoms with Gasteiger partial charge in [-0.25, -0.2) is 12.8 Å². The van der Waals surface area contributed by atoms with Gasteiger partial charge in [0.1, 0.15) is 0 Å². The summed E-state index contributed by atoms with van der Waals surface area (Å²) in [6, 6.07) is 6.06. The van der Waals surface area contributed by atoms with Gasteiger partial charge in [-0.15, -0.1) is 0 Å². The van der Waals surface area contributed by atoms with Crippen LogP contribution >= 0.6 is 0 Å². The molecule has 27 heavy (non-hydrogen) atoms. The Hall–Kier alpha value is -1.47. The molecule has 0 aromatic heterocycles. The minimum atomic E-state index is -4.06. The van der Waals surface area contributed by atoms with Crippen LogP contribution < -0.4 is 11.1 Å². The molecule has 0 saturated heterocycles. The van der Waals surface area contributed by atoms with Gasteiger partial charge < -0.3 is 11.1 Å². The zero-order valence-electron chi connectivity index (χ0n) is 15.8. The molecule has 0 spiro atoms. The number of hydrogen-bond donors (Lipinski definition) is 2. The van der Waals surface area contributed by atoms with Crippen LogP contribution in [0.25, 0.3) is 0 Å². The van der Waals surface area contributed by atoms with E-state index in [0.29, 0.717) is 12.8 Å². The van der Waals surface area contributed by atoms with Crippen LogP contribution in [0.3, 0.4) is 0 Å². The zero-order valence-corrected chi connectivity index (χ0v) is 16.6. The van der Waals surface area contributed by atoms with Gasteiger partial charge in [0.25, 0.3) is 0 Å². The number of hydrogen-bond acceptors (Lipinski definition) is 4. The molecule has 0 bridgehead atoms. The number of aryl methyl sites for hydroxylation is 1. The number of sulfone groups is 1. The van der Waals surface area contributed by atoms with Gasteiger partial charge in [-0.3, -0.25) is 4.79 Å². The van der Waals surface area contributed by atoms with Gasteiger partial charge in [0, 0.05) is 12.1 Å². The molecular weight excluding hydrogens is 367 g/mol. The number of benzene rings is 1. The van der Waals surface area contributed by atoms with Gasteiger partial charge >= 0.3 is 0 Å². The molecule has 2 aliphatic rings. The van der Waals surface area contributed by atoms with Crippen molar-refractivity contribution in [2.45, 2.75) is 80.3 Å². The maximum Gasteiger partial charge on any atom is 0.224 e. The fraction of sp³-hybridized carbons (Fsp3) is 0.650. The van der Waals surface area contributed by atoms with Crippen molar-refractivity contribution in [3.63, 3.8) is 0 Å². The van der Waals surface area contributed by atoms with Crippen LogP contribution in [0.1, 0.15) is 56.9 Å². The zero-order chi connectivity index (χ0) is 19.7. The van der Waals surface area contributed by atoms with Gasteiger partial charge in [-0.1, -0.05) is 25.0 Å². The molecule has 3 rings (SSSR count). The Bertz CT molecular complexity index is 788. The van der Waals surface area contributed by atoms with Crippen LogP contribution in [0.2, 0.25) is 0 Å². The smallest absolute Gasteiger partial charge is 0.224 e. The molecule has 1 aromatic carbocycles. The van der Waals surface area contributed by atoms with Gasteiger partial charge in [0.05, 0.1) is 10.8 Å². The lowest BCUT2D eigenvalue weighted by Gasteiger charge is -2.35. The monoisotopic (exact) mass is 396 g/mol. The molecule has 7 heteroatoms. The molecule has 3 N–H and O–H groups in total. The van der Waals surface area contributed by atoms with E-state index in [1.165, 1.54) is 12.1 Å². The molecule has 0 aliphatic heterocycles. The molecule has 1 amide bonds. The van der Waals surface area contributed by atoms with E-state index >= 15 is 4.39 Å². The fourth-order valence-corrected chi connectivity index (χ4v) is 6.04. The fourth-order valence-electron chi connectivity index (χ4n) is 4.25. The second-order valence-electron chi connectivity index (χ2n) is 8.04. The summed E-state index contributed by atoms with van der Waals surface area (Å²) in [4.78, 5) is 12.5. The molecule has 0 unspecified atom stereocenters. The summed E-state index contributed by atoms with van der Waals surface area (Å²) in [5.74, 6) is -0.257. The summed E-state index contributed by atoms with van der Waals surface area (Å²) in [7, 11) is -4.06. The first-order chi connectivity index (χ1) is 12.7.